The van der Waals surface area contributed by atoms with Gasteiger partial charge in [-0.05, 0) is 31.5 Å². The molecule has 19 heavy (non-hydrogen) atoms. The summed E-state index contributed by atoms with van der Waals surface area (Å²) >= 11 is 5.73. The maximum absolute atomic E-state index is 13.1. The normalized spacial score (nSPS) is 27.1. The maximum Gasteiger partial charge on any atom is 0.146 e. The van der Waals surface area contributed by atoms with Crippen LogP contribution >= 0.6 is 11.6 Å². The minimum absolute atomic E-state index is 0.0447. The number of hydrogen-bond acceptors (Lipinski definition) is 4. The predicted molar refractivity (Wildman–Crippen MR) is 73.9 cm³/mol. The van der Waals surface area contributed by atoms with Crippen LogP contribution in [0.5, 0.6) is 0 Å². The van der Waals surface area contributed by atoms with Gasteiger partial charge in [0, 0.05) is 24.3 Å². The number of benzene rings is 1. The van der Waals surface area contributed by atoms with Crippen molar-refractivity contribution >= 4 is 23.1 Å². The van der Waals surface area contributed by atoms with E-state index < -0.39 is 5.82 Å². The van der Waals surface area contributed by atoms with Crippen molar-refractivity contribution < 1.29 is 9.18 Å². The van der Waals surface area contributed by atoms with Gasteiger partial charge < -0.3 is 16.4 Å². The zero-order chi connectivity index (χ0) is 14.0. The lowest BCUT2D eigenvalue weighted by Gasteiger charge is -2.35. The molecular formula is C13H17ClFN3O. The molecule has 2 rings (SSSR count). The van der Waals surface area contributed by atoms with Gasteiger partial charge in [0.15, 0.2) is 0 Å². The van der Waals surface area contributed by atoms with Gasteiger partial charge in [-0.15, -0.1) is 0 Å². The maximum atomic E-state index is 13.1. The Hall–Kier alpha value is -1.17. The molecule has 104 valence electrons. The van der Waals surface area contributed by atoms with E-state index in [1.807, 2.05) is 0 Å². The number of carbonyl (C=O) groups is 1. The van der Waals surface area contributed by atoms with E-state index in [-0.39, 0.29) is 28.9 Å². The molecule has 1 aromatic carbocycles. The number of ketones is 1. The Labute approximate surface area is 116 Å². The summed E-state index contributed by atoms with van der Waals surface area (Å²) in [6.07, 6.45) is 0.603. The van der Waals surface area contributed by atoms with Crippen molar-refractivity contribution in [2.75, 3.05) is 11.9 Å². The Morgan fingerprint density at radius 1 is 1.58 bits per heavy atom. The van der Waals surface area contributed by atoms with Gasteiger partial charge in [-0.25, -0.2) is 4.39 Å². The number of anilines is 1. The van der Waals surface area contributed by atoms with E-state index in [2.05, 4.69) is 10.6 Å². The van der Waals surface area contributed by atoms with Crippen molar-refractivity contribution in [1.82, 2.24) is 5.32 Å². The molecule has 0 aliphatic carbocycles. The topological polar surface area (TPSA) is 67.2 Å². The number of halogens is 2. The summed E-state index contributed by atoms with van der Waals surface area (Å²) in [4.78, 5) is 11.4. The summed E-state index contributed by atoms with van der Waals surface area (Å²) in [6, 6.07) is 4.09. The molecule has 0 amide bonds. The lowest BCUT2D eigenvalue weighted by Crippen LogP contribution is -2.58. The highest BCUT2D eigenvalue weighted by molar-refractivity contribution is 6.31. The lowest BCUT2D eigenvalue weighted by molar-refractivity contribution is -0.119. The number of nitrogens with one attached hydrogen (secondary N) is 2. The minimum Gasteiger partial charge on any atom is -0.381 e. The van der Waals surface area contributed by atoms with Gasteiger partial charge >= 0.3 is 0 Å². The van der Waals surface area contributed by atoms with E-state index in [9.17, 15) is 9.18 Å². The molecular weight excluding hydrogens is 269 g/mol. The summed E-state index contributed by atoms with van der Waals surface area (Å²) in [6.45, 7) is 2.12. The first kappa shape index (κ1) is 14.2. The molecule has 4 N–H and O–H groups in total. The van der Waals surface area contributed by atoms with Crippen molar-refractivity contribution in [3.8, 4) is 0 Å². The van der Waals surface area contributed by atoms with Crippen LogP contribution in [0.2, 0.25) is 5.02 Å². The van der Waals surface area contributed by atoms with Crippen LogP contribution in [0.4, 0.5) is 10.1 Å². The SMILES string of the molecule is CC(=O)C1CC(Nc2ccc(F)c(Cl)c2)C(N)CN1. The molecule has 1 aliphatic rings. The quantitative estimate of drug-likeness (QED) is 0.788. The number of carbonyl (C=O) groups excluding carboxylic acids is 1. The highest BCUT2D eigenvalue weighted by Gasteiger charge is 2.29. The van der Waals surface area contributed by atoms with Crippen LogP contribution in [-0.4, -0.2) is 30.5 Å². The van der Waals surface area contributed by atoms with Gasteiger partial charge in [-0.3, -0.25) is 4.79 Å². The third-order valence-electron chi connectivity index (χ3n) is 3.37. The van der Waals surface area contributed by atoms with E-state index in [1.54, 1.807) is 13.0 Å². The van der Waals surface area contributed by atoms with Crippen LogP contribution in [0, 0.1) is 5.82 Å². The lowest BCUT2D eigenvalue weighted by atomic mass is 9.93. The summed E-state index contributed by atoms with van der Waals surface area (Å²) in [5.41, 5.74) is 6.72. The second kappa shape index (κ2) is 5.86. The molecule has 0 spiro atoms. The highest BCUT2D eigenvalue weighted by atomic mass is 35.5. The van der Waals surface area contributed by atoms with Crippen molar-refractivity contribution in [2.45, 2.75) is 31.5 Å². The number of Topliss-reactive ketones (excluding diaryl/α,β-unsaturated/α-hetero) is 1. The van der Waals surface area contributed by atoms with Crippen LogP contribution in [0.3, 0.4) is 0 Å². The second-order valence-electron chi connectivity index (χ2n) is 4.85. The van der Waals surface area contributed by atoms with Gasteiger partial charge in [-0.2, -0.15) is 0 Å². The Kier molecular flexibility index (Phi) is 4.39. The highest BCUT2D eigenvalue weighted by Crippen LogP contribution is 2.22. The number of hydrogen-bond donors (Lipinski definition) is 3. The molecule has 0 bridgehead atoms. The van der Waals surface area contributed by atoms with Gasteiger partial charge in [0.1, 0.15) is 11.6 Å². The van der Waals surface area contributed by atoms with E-state index in [0.29, 0.717) is 18.7 Å². The fourth-order valence-corrected chi connectivity index (χ4v) is 2.39. The summed E-state index contributed by atoms with van der Waals surface area (Å²) < 4.78 is 13.1. The predicted octanol–water partition coefficient (Wildman–Crippen LogP) is 1.54. The summed E-state index contributed by atoms with van der Waals surface area (Å²) in [5.74, 6) is -0.362. The molecule has 1 aromatic rings. The Morgan fingerprint density at radius 3 is 2.95 bits per heavy atom. The third-order valence-corrected chi connectivity index (χ3v) is 3.66. The van der Waals surface area contributed by atoms with Crippen molar-refractivity contribution in [2.24, 2.45) is 5.73 Å². The van der Waals surface area contributed by atoms with Crippen LogP contribution in [-0.2, 0) is 4.79 Å². The Morgan fingerprint density at radius 2 is 2.32 bits per heavy atom. The van der Waals surface area contributed by atoms with Crippen LogP contribution < -0.4 is 16.4 Å². The van der Waals surface area contributed by atoms with Gasteiger partial charge in [-0.1, -0.05) is 11.6 Å². The third kappa shape index (κ3) is 3.43. The fraction of sp³-hybridized carbons (Fsp3) is 0.462. The number of piperidine rings is 1. The molecule has 1 saturated heterocycles. The first-order chi connectivity index (χ1) is 8.97. The molecule has 0 aromatic heterocycles. The number of rotatable bonds is 3. The zero-order valence-electron chi connectivity index (χ0n) is 10.6. The van der Waals surface area contributed by atoms with Crippen molar-refractivity contribution in [3.63, 3.8) is 0 Å². The van der Waals surface area contributed by atoms with Gasteiger partial charge in [0.25, 0.3) is 0 Å². The Balaban J connectivity index is 2.07. The first-order valence-electron chi connectivity index (χ1n) is 6.18. The van der Waals surface area contributed by atoms with Crippen LogP contribution in [0.25, 0.3) is 0 Å². The van der Waals surface area contributed by atoms with E-state index in [1.165, 1.54) is 12.1 Å². The fourth-order valence-electron chi connectivity index (χ4n) is 2.21. The van der Waals surface area contributed by atoms with E-state index in [4.69, 9.17) is 17.3 Å². The second-order valence-corrected chi connectivity index (χ2v) is 5.26. The average Bonchev–Trinajstić information content (AvgIpc) is 2.36. The van der Waals surface area contributed by atoms with Crippen molar-refractivity contribution in [3.05, 3.63) is 29.0 Å². The minimum atomic E-state index is -0.455. The molecule has 3 unspecified atom stereocenters. The summed E-state index contributed by atoms with van der Waals surface area (Å²) in [5, 5.41) is 6.38. The molecule has 0 saturated carbocycles. The molecule has 3 atom stereocenters. The van der Waals surface area contributed by atoms with E-state index in [0.717, 1.165) is 0 Å². The molecule has 1 heterocycles. The Bertz CT molecular complexity index is 483. The molecule has 4 nitrogen and oxygen atoms in total. The molecule has 1 aliphatic heterocycles. The van der Waals surface area contributed by atoms with Crippen LogP contribution in [0.15, 0.2) is 18.2 Å². The molecule has 0 radical (unpaired) electrons. The summed E-state index contributed by atoms with van der Waals surface area (Å²) in [7, 11) is 0. The smallest absolute Gasteiger partial charge is 0.146 e. The largest absolute Gasteiger partial charge is 0.381 e. The molecule has 6 heteroatoms. The zero-order valence-corrected chi connectivity index (χ0v) is 11.4. The van der Waals surface area contributed by atoms with Crippen LogP contribution in [0.1, 0.15) is 13.3 Å². The molecule has 1 fully saturated rings. The van der Waals surface area contributed by atoms with Crippen molar-refractivity contribution in [1.29, 1.82) is 0 Å². The van der Waals surface area contributed by atoms with Gasteiger partial charge in [0.2, 0.25) is 0 Å². The average molecular weight is 286 g/mol. The monoisotopic (exact) mass is 285 g/mol. The standard InChI is InChI=1S/C13H17ClFN3O/c1-7(19)12-5-13(11(16)6-17-12)18-8-2-3-10(15)9(14)4-8/h2-4,11-13,17-18H,5-6,16H2,1H3. The first-order valence-corrected chi connectivity index (χ1v) is 6.56. The van der Waals surface area contributed by atoms with E-state index >= 15 is 0 Å². The van der Waals surface area contributed by atoms with Gasteiger partial charge in [0.05, 0.1) is 11.1 Å². The number of nitrogens with two attached hydrogens (primary N) is 1.